The number of halogens is 2. The zero-order valence-corrected chi connectivity index (χ0v) is 15.3. The topological polar surface area (TPSA) is 85.3 Å². The Balaban J connectivity index is 1.73. The van der Waals surface area contributed by atoms with Crippen LogP contribution in [0.2, 0.25) is 0 Å². The lowest BCUT2D eigenvalue weighted by Crippen LogP contribution is -2.45. The van der Waals surface area contributed by atoms with Crippen LogP contribution in [0, 0.1) is 5.82 Å². The fraction of sp³-hybridized carbons (Fsp3) is 0.474. The Morgan fingerprint density at radius 3 is 2.71 bits per heavy atom. The van der Waals surface area contributed by atoms with Crippen LogP contribution in [0.1, 0.15) is 36.1 Å². The first-order valence-corrected chi connectivity index (χ1v) is 9.19. The van der Waals surface area contributed by atoms with Gasteiger partial charge >= 0.3 is 5.69 Å². The molecular formula is C19H21F2N3O4. The number of hydrogen-bond donors (Lipinski definition) is 2. The molecule has 3 heterocycles. The summed E-state index contributed by atoms with van der Waals surface area (Å²) in [5.74, 6) is -0.0682. The molecule has 28 heavy (non-hydrogen) atoms. The average molecular weight is 393 g/mol. The van der Waals surface area contributed by atoms with Crippen LogP contribution >= 0.6 is 0 Å². The lowest BCUT2D eigenvalue weighted by molar-refractivity contribution is 0.0673. The van der Waals surface area contributed by atoms with Crippen LogP contribution in [-0.2, 0) is 11.2 Å². The van der Waals surface area contributed by atoms with E-state index in [0.29, 0.717) is 31.8 Å². The van der Waals surface area contributed by atoms with E-state index in [-0.39, 0.29) is 29.4 Å². The van der Waals surface area contributed by atoms with Crippen LogP contribution in [0.4, 0.5) is 14.6 Å². The minimum Gasteiger partial charge on any atom is -0.497 e. The van der Waals surface area contributed by atoms with Gasteiger partial charge in [0.15, 0.2) is 0 Å². The maximum absolute atomic E-state index is 15.0. The molecule has 1 fully saturated rings. The first-order valence-electron chi connectivity index (χ1n) is 9.19. The Morgan fingerprint density at radius 1 is 1.25 bits per heavy atom. The van der Waals surface area contributed by atoms with Crippen LogP contribution in [-0.4, -0.2) is 36.0 Å². The minimum atomic E-state index is -1.55. The molecule has 9 heteroatoms. The Kier molecular flexibility index (Phi) is 4.92. The lowest BCUT2D eigenvalue weighted by Gasteiger charge is -2.31. The molecule has 7 nitrogen and oxygen atoms in total. The van der Waals surface area contributed by atoms with Crippen LogP contribution in [0.15, 0.2) is 27.8 Å². The molecule has 0 spiro atoms. The van der Waals surface area contributed by atoms with E-state index in [4.69, 9.17) is 9.47 Å². The number of nitrogens with one attached hydrogen (secondary N) is 2. The molecular weight excluding hydrogens is 372 g/mol. The summed E-state index contributed by atoms with van der Waals surface area (Å²) in [5.41, 5.74) is -0.833. The smallest absolute Gasteiger partial charge is 0.330 e. The number of fused-ring (bicyclic) bond motifs is 1. The number of aromatic nitrogens is 2. The highest BCUT2D eigenvalue weighted by atomic mass is 19.1. The molecule has 0 radical (unpaired) electrons. The summed E-state index contributed by atoms with van der Waals surface area (Å²) in [5, 5.41) is 2.80. The highest BCUT2D eigenvalue weighted by molar-refractivity contribution is 5.50. The van der Waals surface area contributed by atoms with Gasteiger partial charge in [-0.25, -0.2) is 13.6 Å². The summed E-state index contributed by atoms with van der Waals surface area (Å²) >= 11 is 0. The maximum atomic E-state index is 15.0. The zero-order valence-electron chi connectivity index (χ0n) is 15.3. The molecule has 0 bridgehead atoms. The van der Waals surface area contributed by atoms with Crippen molar-refractivity contribution in [1.29, 1.82) is 0 Å². The Labute approximate surface area is 159 Å². The summed E-state index contributed by atoms with van der Waals surface area (Å²) < 4.78 is 40.8. The number of hydrogen-bond acceptors (Lipinski definition) is 5. The van der Waals surface area contributed by atoms with Gasteiger partial charge in [0.1, 0.15) is 23.6 Å². The van der Waals surface area contributed by atoms with E-state index in [1.807, 2.05) is 0 Å². The van der Waals surface area contributed by atoms with Gasteiger partial charge in [0.25, 0.3) is 5.56 Å². The van der Waals surface area contributed by atoms with Gasteiger partial charge < -0.3 is 14.8 Å². The molecule has 2 aromatic rings. The molecule has 2 aliphatic heterocycles. The van der Waals surface area contributed by atoms with Gasteiger partial charge in [0.05, 0.1) is 18.7 Å². The summed E-state index contributed by atoms with van der Waals surface area (Å²) in [6, 6.07) is 2.73. The van der Waals surface area contributed by atoms with Crippen molar-refractivity contribution in [2.45, 2.75) is 37.5 Å². The van der Waals surface area contributed by atoms with Crippen LogP contribution in [0.3, 0.4) is 0 Å². The predicted molar refractivity (Wildman–Crippen MR) is 98.3 cm³/mol. The standard InChI is InChI=1S/C19H21F2N3O4/c1-27-11-2-3-14(20)12(8-11)16-15(21)9-13-17(22-16)23-19(26)24(18(13)25)10-4-6-28-7-5-10/h2-3,8,10,15-16,22H,4-7,9H2,1H3,(H,23,26)/t15-,16+/m0/s1. The predicted octanol–water partition coefficient (Wildman–Crippen LogP) is 2.08. The number of benzene rings is 1. The highest BCUT2D eigenvalue weighted by Gasteiger charge is 2.35. The van der Waals surface area contributed by atoms with E-state index < -0.39 is 29.3 Å². The average Bonchev–Trinajstić information content (AvgIpc) is 2.70. The molecule has 0 unspecified atom stereocenters. The summed E-state index contributed by atoms with van der Waals surface area (Å²) in [4.78, 5) is 28.1. The lowest BCUT2D eigenvalue weighted by atomic mass is 9.93. The summed E-state index contributed by atoms with van der Waals surface area (Å²) in [7, 11) is 1.43. The van der Waals surface area contributed by atoms with Crippen molar-refractivity contribution >= 4 is 5.82 Å². The quantitative estimate of drug-likeness (QED) is 0.834. The Hall–Kier alpha value is -2.68. The Bertz CT molecular complexity index is 998. The SMILES string of the molecule is COc1ccc(F)c([C@H]2Nc3[nH]c(=O)n(C4CCOCC4)c(=O)c3C[C@@H]2F)c1. The largest absolute Gasteiger partial charge is 0.497 e. The van der Waals surface area contributed by atoms with Crippen LogP contribution in [0.25, 0.3) is 0 Å². The van der Waals surface area contributed by atoms with Gasteiger partial charge in [-0.1, -0.05) is 0 Å². The number of H-pyrrole nitrogens is 1. The van der Waals surface area contributed by atoms with Crippen molar-refractivity contribution < 1.29 is 18.3 Å². The molecule has 0 aliphatic carbocycles. The summed E-state index contributed by atoms with van der Waals surface area (Å²) in [6.45, 7) is 0.934. The molecule has 150 valence electrons. The van der Waals surface area contributed by atoms with Gasteiger partial charge in [0.2, 0.25) is 0 Å². The van der Waals surface area contributed by atoms with E-state index in [0.717, 1.165) is 4.57 Å². The van der Waals surface area contributed by atoms with Crippen LogP contribution < -0.4 is 21.3 Å². The van der Waals surface area contributed by atoms with Gasteiger partial charge in [-0.15, -0.1) is 0 Å². The second-order valence-corrected chi connectivity index (χ2v) is 7.03. The van der Waals surface area contributed by atoms with Gasteiger partial charge in [0, 0.05) is 31.2 Å². The van der Waals surface area contributed by atoms with Gasteiger partial charge in [-0.05, 0) is 31.0 Å². The normalized spacial score (nSPS) is 22.4. The summed E-state index contributed by atoms with van der Waals surface area (Å²) in [6.07, 6.45) is -0.670. The molecule has 2 N–H and O–H groups in total. The van der Waals surface area contributed by atoms with Gasteiger partial charge in [-0.2, -0.15) is 0 Å². The van der Waals surface area contributed by atoms with Crippen molar-refractivity contribution in [3.05, 3.63) is 56.0 Å². The molecule has 0 saturated carbocycles. The first kappa shape index (κ1) is 18.7. The number of ether oxygens (including phenoxy) is 2. The zero-order chi connectivity index (χ0) is 19.8. The highest BCUT2D eigenvalue weighted by Crippen LogP contribution is 2.34. The second kappa shape index (κ2) is 7.38. The molecule has 2 atom stereocenters. The minimum absolute atomic E-state index is 0.0759. The van der Waals surface area contributed by atoms with Crippen molar-refractivity contribution in [3.8, 4) is 5.75 Å². The monoisotopic (exact) mass is 393 g/mol. The molecule has 1 aromatic carbocycles. The van der Waals surface area contributed by atoms with Crippen molar-refractivity contribution in [3.63, 3.8) is 0 Å². The van der Waals surface area contributed by atoms with Crippen molar-refractivity contribution in [1.82, 2.24) is 9.55 Å². The molecule has 2 aliphatic rings. The third kappa shape index (κ3) is 3.19. The molecule has 1 aromatic heterocycles. The van der Waals surface area contributed by atoms with E-state index in [1.165, 1.54) is 25.3 Å². The van der Waals surface area contributed by atoms with Gasteiger partial charge in [-0.3, -0.25) is 14.3 Å². The van der Waals surface area contributed by atoms with Crippen LogP contribution in [0.5, 0.6) is 5.75 Å². The van der Waals surface area contributed by atoms with Crippen molar-refractivity contribution in [2.75, 3.05) is 25.6 Å². The van der Waals surface area contributed by atoms with E-state index in [1.54, 1.807) is 0 Å². The second-order valence-electron chi connectivity index (χ2n) is 7.03. The fourth-order valence-corrected chi connectivity index (χ4v) is 3.89. The number of anilines is 1. The molecule has 1 saturated heterocycles. The number of methoxy groups -OCH3 is 1. The number of alkyl halides is 1. The number of aromatic amines is 1. The van der Waals surface area contributed by atoms with E-state index in [9.17, 15) is 18.4 Å². The molecule has 4 rings (SSSR count). The van der Waals surface area contributed by atoms with E-state index in [2.05, 4.69) is 10.3 Å². The maximum Gasteiger partial charge on any atom is 0.330 e. The Morgan fingerprint density at radius 2 is 2.00 bits per heavy atom. The number of nitrogens with zero attached hydrogens (tertiary/aromatic N) is 1. The fourth-order valence-electron chi connectivity index (χ4n) is 3.89. The third-order valence-corrected chi connectivity index (χ3v) is 5.38. The van der Waals surface area contributed by atoms with Crippen molar-refractivity contribution in [2.24, 2.45) is 0 Å². The number of rotatable bonds is 3. The third-order valence-electron chi connectivity index (χ3n) is 5.38. The first-order chi connectivity index (χ1) is 13.5. The molecule has 0 amide bonds. The van der Waals surface area contributed by atoms with E-state index >= 15 is 0 Å².